The van der Waals surface area contributed by atoms with E-state index in [1.54, 1.807) is 24.6 Å². The summed E-state index contributed by atoms with van der Waals surface area (Å²) in [4.78, 5) is 5.00. The van der Waals surface area contributed by atoms with Gasteiger partial charge in [-0.25, -0.2) is 13.6 Å². The number of rotatable bonds is 4. The van der Waals surface area contributed by atoms with E-state index in [0.29, 0.717) is 5.82 Å². The van der Waals surface area contributed by atoms with Crippen LogP contribution in [0.4, 0.5) is 10.2 Å². The zero-order valence-corrected chi connectivity index (χ0v) is 20.1. The lowest BCUT2D eigenvalue weighted by molar-refractivity contribution is 0.503. The standard InChI is InChI=1S/C26H29FN4OS/c1-16(2)25-24(17-9-11-19(27)12-10-17)21-13-18-15-28-30-23(18)14-22(21)26(29-25)31-33(3,32)20-7-5-4-6-8-20/h9-16,20H,4-8H2,1-3H3,(H,28,30). The molecular weight excluding hydrogens is 435 g/mol. The van der Waals surface area contributed by atoms with Crippen LogP contribution >= 0.6 is 0 Å². The first-order valence-corrected chi connectivity index (χ1v) is 13.6. The number of nitrogens with zero attached hydrogens (tertiary/aromatic N) is 3. The first-order valence-electron chi connectivity index (χ1n) is 11.6. The molecule has 172 valence electrons. The average Bonchev–Trinajstić information content (AvgIpc) is 3.26. The lowest BCUT2D eigenvalue weighted by Gasteiger charge is -2.23. The molecule has 2 heterocycles. The van der Waals surface area contributed by atoms with Gasteiger partial charge in [0.05, 0.1) is 27.1 Å². The molecular formula is C26H29FN4OS. The van der Waals surface area contributed by atoms with Gasteiger partial charge in [0, 0.05) is 27.8 Å². The zero-order chi connectivity index (χ0) is 23.2. The fourth-order valence-corrected chi connectivity index (χ4v) is 6.75. The molecule has 1 aliphatic rings. The van der Waals surface area contributed by atoms with Crippen molar-refractivity contribution in [1.82, 2.24) is 15.2 Å². The van der Waals surface area contributed by atoms with Crippen LogP contribution in [0.3, 0.4) is 0 Å². The molecule has 5 nitrogen and oxygen atoms in total. The Morgan fingerprint density at radius 1 is 1.09 bits per heavy atom. The van der Waals surface area contributed by atoms with Gasteiger partial charge in [0.25, 0.3) is 0 Å². The number of nitrogens with one attached hydrogen (secondary N) is 1. The van der Waals surface area contributed by atoms with Gasteiger partial charge in [-0.1, -0.05) is 45.2 Å². The quantitative estimate of drug-likeness (QED) is 0.350. The molecule has 2 aromatic carbocycles. The molecule has 1 unspecified atom stereocenters. The van der Waals surface area contributed by atoms with E-state index in [4.69, 9.17) is 9.35 Å². The summed E-state index contributed by atoms with van der Waals surface area (Å²) in [6.07, 6.45) is 8.89. The number of hydrogen-bond donors (Lipinski definition) is 1. The normalized spacial score (nSPS) is 17.0. The number of H-pyrrole nitrogens is 1. The third kappa shape index (κ3) is 4.14. The summed E-state index contributed by atoms with van der Waals surface area (Å²) in [5, 5.41) is 10.1. The minimum absolute atomic E-state index is 0.0956. The lowest BCUT2D eigenvalue weighted by Crippen LogP contribution is -2.22. The van der Waals surface area contributed by atoms with Crippen molar-refractivity contribution in [1.29, 1.82) is 0 Å². The Hall–Kier alpha value is -2.80. The van der Waals surface area contributed by atoms with E-state index in [0.717, 1.165) is 64.2 Å². The largest absolute Gasteiger partial charge is 0.278 e. The van der Waals surface area contributed by atoms with Crippen molar-refractivity contribution < 1.29 is 8.60 Å². The van der Waals surface area contributed by atoms with Gasteiger partial charge >= 0.3 is 0 Å². The van der Waals surface area contributed by atoms with Gasteiger partial charge in [-0.15, -0.1) is 0 Å². The highest BCUT2D eigenvalue weighted by Crippen LogP contribution is 2.41. The maximum Gasteiger partial charge on any atom is 0.169 e. The Morgan fingerprint density at radius 3 is 2.52 bits per heavy atom. The minimum Gasteiger partial charge on any atom is -0.278 e. The van der Waals surface area contributed by atoms with Crippen LogP contribution in [0.1, 0.15) is 57.6 Å². The molecule has 4 aromatic rings. The first kappa shape index (κ1) is 22.0. The maximum atomic E-state index is 13.8. The van der Waals surface area contributed by atoms with Gasteiger partial charge < -0.3 is 0 Å². The van der Waals surface area contributed by atoms with Gasteiger partial charge in [-0.05, 0) is 54.0 Å². The summed E-state index contributed by atoms with van der Waals surface area (Å²) in [5.74, 6) is 0.351. The number of aromatic nitrogens is 3. The third-order valence-electron chi connectivity index (χ3n) is 6.69. The van der Waals surface area contributed by atoms with Crippen LogP contribution in [0.5, 0.6) is 0 Å². The van der Waals surface area contributed by atoms with Crippen LogP contribution in [0.25, 0.3) is 32.8 Å². The highest BCUT2D eigenvalue weighted by Gasteiger charge is 2.24. The van der Waals surface area contributed by atoms with E-state index in [1.165, 1.54) is 18.6 Å². The van der Waals surface area contributed by atoms with Gasteiger partial charge in [0.2, 0.25) is 0 Å². The summed E-state index contributed by atoms with van der Waals surface area (Å²) in [5.41, 5.74) is 3.61. The highest BCUT2D eigenvalue weighted by atomic mass is 32.2. The second-order valence-electron chi connectivity index (χ2n) is 9.42. The predicted octanol–water partition coefficient (Wildman–Crippen LogP) is 7.10. The summed E-state index contributed by atoms with van der Waals surface area (Å²) in [7, 11) is -2.46. The fourth-order valence-electron chi connectivity index (χ4n) is 4.91. The maximum absolute atomic E-state index is 13.8. The first-order chi connectivity index (χ1) is 15.8. The molecule has 1 atom stereocenters. The van der Waals surface area contributed by atoms with E-state index < -0.39 is 9.73 Å². The SMILES string of the molecule is CC(C)c1nc(N=S(C)(=O)C2CCCCC2)c2cc3[nH]ncc3cc2c1-c1ccc(F)cc1. The van der Waals surface area contributed by atoms with Gasteiger partial charge in [0.1, 0.15) is 5.82 Å². The van der Waals surface area contributed by atoms with E-state index >= 15 is 0 Å². The van der Waals surface area contributed by atoms with Crippen molar-refractivity contribution in [3.05, 3.63) is 54.1 Å². The number of aromatic amines is 1. The van der Waals surface area contributed by atoms with Crippen LogP contribution in [-0.2, 0) is 9.73 Å². The van der Waals surface area contributed by atoms with Crippen LogP contribution in [0, 0.1) is 5.82 Å². The van der Waals surface area contributed by atoms with Crippen molar-refractivity contribution >= 4 is 37.2 Å². The molecule has 7 heteroatoms. The molecule has 0 amide bonds. The number of hydrogen-bond acceptors (Lipinski definition) is 4. The Morgan fingerprint density at radius 2 is 1.82 bits per heavy atom. The molecule has 0 aliphatic heterocycles. The fraction of sp³-hybridized carbons (Fsp3) is 0.385. The average molecular weight is 465 g/mol. The molecule has 0 radical (unpaired) electrons. The number of pyridine rings is 1. The Bertz CT molecular complexity index is 1440. The van der Waals surface area contributed by atoms with Crippen LogP contribution in [0.2, 0.25) is 0 Å². The second kappa shape index (κ2) is 8.52. The molecule has 0 bridgehead atoms. The topological polar surface area (TPSA) is 71.0 Å². The Kier molecular flexibility index (Phi) is 5.69. The Balaban J connectivity index is 1.84. The summed E-state index contributed by atoms with van der Waals surface area (Å²) in [6, 6.07) is 10.6. The molecule has 1 fully saturated rings. The molecule has 1 N–H and O–H groups in total. The molecule has 1 saturated carbocycles. The zero-order valence-electron chi connectivity index (χ0n) is 19.3. The van der Waals surface area contributed by atoms with Crippen molar-refractivity contribution in [2.45, 2.75) is 57.1 Å². The summed E-state index contributed by atoms with van der Waals surface area (Å²) < 4.78 is 32.3. The lowest BCUT2D eigenvalue weighted by atomic mass is 9.92. The van der Waals surface area contributed by atoms with E-state index in [-0.39, 0.29) is 17.0 Å². The van der Waals surface area contributed by atoms with E-state index in [9.17, 15) is 8.60 Å². The van der Waals surface area contributed by atoms with Crippen molar-refractivity contribution in [3.8, 4) is 11.1 Å². The molecule has 33 heavy (non-hydrogen) atoms. The van der Waals surface area contributed by atoms with E-state index in [2.05, 4.69) is 30.1 Å². The molecule has 0 saturated heterocycles. The predicted molar refractivity (Wildman–Crippen MR) is 134 cm³/mol. The third-order valence-corrected chi connectivity index (χ3v) is 8.93. The molecule has 0 spiro atoms. The van der Waals surface area contributed by atoms with Gasteiger partial charge in [0.15, 0.2) is 5.82 Å². The number of fused-ring (bicyclic) bond motifs is 2. The van der Waals surface area contributed by atoms with Gasteiger partial charge in [-0.3, -0.25) is 5.10 Å². The minimum atomic E-state index is -2.46. The van der Waals surface area contributed by atoms with Crippen LogP contribution in [0.15, 0.2) is 47.0 Å². The Labute approximate surface area is 194 Å². The highest BCUT2D eigenvalue weighted by molar-refractivity contribution is 7.93. The summed E-state index contributed by atoms with van der Waals surface area (Å²) >= 11 is 0. The number of halogens is 1. The smallest absolute Gasteiger partial charge is 0.169 e. The van der Waals surface area contributed by atoms with Crippen LogP contribution in [-0.4, -0.2) is 30.9 Å². The van der Waals surface area contributed by atoms with E-state index in [1.807, 2.05) is 6.07 Å². The molecule has 1 aliphatic carbocycles. The van der Waals surface area contributed by atoms with Gasteiger partial charge in [-0.2, -0.15) is 9.46 Å². The van der Waals surface area contributed by atoms with Crippen LogP contribution < -0.4 is 0 Å². The molecule has 2 aromatic heterocycles. The second-order valence-corrected chi connectivity index (χ2v) is 12.0. The molecule has 5 rings (SSSR count). The monoisotopic (exact) mass is 464 g/mol. The number of benzene rings is 2. The van der Waals surface area contributed by atoms with Crippen molar-refractivity contribution in [2.75, 3.05) is 6.26 Å². The summed E-state index contributed by atoms with van der Waals surface area (Å²) in [6.45, 7) is 4.18. The van der Waals surface area contributed by atoms with Crippen molar-refractivity contribution in [3.63, 3.8) is 0 Å². The van der Waals surface area contributed by atoms with Crippen molar-refractivity contribution in [2.24, 2.45) is 4.36 Å².